The van der Waals surface area contributed by atoms with Crippen molar-refractivity contribution in [1.82, 2.24) is 0 Å². The SMILES string of the molecule is O=C(O)C1(Cc2cccc([N+](=O)[O-])c2Br)CCS(=O)(=O)C1. The number of hydrogen-bond acceptors (Lipinski definition) is 5. The third-order valence-corrected chi connectivity index (χ3v) is 6.36. The Morgan fingerprint density at radius 3 is 2.62 bits per heavy atom. The van der Waals surface area contributed by atoms with Gasteiger partial charge in [0.25, 0.3) is 5.69 Å². The van der Waals surface area contributed by atoms with Crippen molar-refractivity contribution in [2.24, 2.45) is 5.41 Å². The molecule has 1 N–H and O–H groups in total. The summed E-state index contributed by atoms with van der Waals surface area (Å²) >= 11 is 3.11. The number of nitro groups is 1. The van der Waals surface area contributed by atoms with Crippen LogP contribution in [0.2, 0.25) is 0 Å². The van der Waals surface area contributed by atoms with E-state index in [9.17, 15) is 28.4 Å². The molecule has 1 fully saturated rings. The minimum absolute atomic E-state index is 0.0137. The summed E-state index contributed by atoms with van der Waals surface area (Å²) in [5, 5.41) is 20.3. The molecule has 1 aliphatic rings. The monoisotopic (exact) mass is 377 g/mol. The van der Waals surface area contributed by atoms with Gasteiger partial charge in [-0.1, -0.05) is 12.1 Å². The van der Waals surface area contributed by atoms with Crippen LogP contribution in [0.1, 0.15) is 12.0 Å². The first-order valence-electron chi connectivity index (χ1n) is 6.02. The van der Waals surface area contributed by atoms with Gasteiger partial charge in [0.05, 0.1) is 26.3 Å². The van der Waals surface area contributed by atoms with E-state index in [-0.39, 0.29) is 28.8 Å². The molecule has 1 heterocycles. The predicted octanol–water partition coefficient (Wildman–Crippen LogP) is 1.79. The Morgan fingerprint density at radius 2 is 2.14 bits per heavy atom. The number of benzene rings is 1. The highest BCUT2D eigenvalue weighted by Crippen LogP contribution is 2.39. The minimum atomic E-state index is -3.39. The normalized spacial score (nSPS) is 23.9. The summed E-state index contributed by atoms with van der Waals surface area (Å²) in [4.78, 5) is 21.8. The van der Waals surface area contributed by atoms with E-state index in [1.165, 1.54) is 12.1 Å². The molecule has 0 radical (unpaired) electrons. The Balaban J connectivity index is 2.42. The Bertz CT molecular complexity index is 716. The van der Waals surface area contributed by atoms with Crippen LogP contribution in [0.25, 0.3) is 0 Å². The van der Waals surface area contributed by atoms with Crippen LogP contribution in [-0.2, 0) is 21.1 Å². The summed E-state index contributed by atoms with van der Waals surface area (Å²) < 4.78 is 23.4. The number of aliphatic carboxylic acids is 1. The van der Waals surface area contributed by atoms with Crippen LogP contribution in [0.4, 0.5) is 5.69 Å². The quantitative estimate of drug-likeness (QED) is 0.631. The van der Waals surface area contributed by atoms with Gasteiger partial charge in [0.15, 0.2) is 9.84 Å². The van der Waals surface area contributed by atoms with Crippen LogP contribution in [0, 0.1) is 15.5 Å². The van der Waals surface area contributed by atoms with E-state index >= 15 is 0 Å². The summed E-state index contributed by atoms with van der Waals surface area (Å²) in [5.74, 6) is -1.81. The number of carbonyl (C=O) groups is 1. The van der Waals surface area contributed by atoms with Gasteiger partial charge in [-0.3, -0.25) is 14.9 Å². The Hall–Kier alpha value is -1.48. The molecule has 0 aromatic heterocycles. The first-order valence-corrected chi connectivity index (χ1v) is 8.64. The van der Waals surface area contributed by atoms with Gasteiger partial charge in [0, 0.05) is 6.07 Å². The first kappa shape index (κ1) is 15.9. The molecule has 1 aliphatic heterocycles. The maximum absolute atomic E-state index is 11.6. The predicted molar refractivity (Wildman–Crippen MR) is 77.8 cm³/mol. The second-order valence-corrected chi connectivity index (χ2v) is 8.09. The lowest BCUT2D eigenvalue weighted by Gasteiger charge is -2.22. The molecular weight excluding hydrogens is 366 g/mol. The summed E-state index contributed by atoms with van der Waals surface area (Å²) in [7, 11) is -3.39. The highest BCUT2D eigenvalue weighted by atomic mass is 79.9. The van der Waals surface area contributed by atoms with Gasteiger partial charge in [0.2, 0.25) is 0 Å². The highest BCUT2D eigenvalue weighted by Gasteiger charge is 2.48. The molecule has 0 bridgehead atoms. The van der Waals surface area contributed by atoms with Crippen molar-refractivity contribution in [3.05, 3.63) is 38.3 Å². The van der Waals surface area contributed by atoms with Crippen molar-refractivity contribution in [1.29, 1.82) is 0 Å². The van der Waals surface area contributed by atoms with Crippen LogP contribution in [0.3, 0.4) is 0 Å². The van der Waals surface area contributed by atoms with Gasteiger partial charge in [-0.25, -0.2) is 8.42 Å². The van der Waals surface area contributed by atoms with E-state index in [2.05, 4.69) is 15.9 Å². The lowest BCUT2D eigenvalue weighted by atomic mass is 9.81. The molecule has 21 heavy (non-hydrogen) atoms. The molecule has 7 nitrogen and oxygen atoms in total. The molecule has 1 aromatic carbocycles. The average Bonchev–Trinajstić information content (AvgIpc) is 2.68. The maximum atomic E-state index is 11.6. The molecule has 114 valence electrons. The third kappa shape index (κ3) is 3.08. The Morgan fingerprint density at radius 1 is 1.48 bits per heavy atom. The summed E-state index contributed by atoms with van der Waals surface area (Å²) in [6.07, 6.45) is -0.0520. The molecule has 1 atom stereocenters. The van der Waals surface area contributed by atoms with E-state index in [0.29, 0.717) is 5.56 Å². The Kier molecular flexibility index (Phi) is 4.07. The third-order valence-electron chi connectivity index (χ3n) is 3.63. The summed E-state index contributed by atoms with van der Waals surface area (Å²) in [6.45, 7) is 0. The fraction of sp³-hybridized carbons (Fsp3) is 0.417. The molecule has 0 aliphatic carbocycles. The lowest BCUT2D eigenvalue weighted by molar-refractivity contribution is -0.385. The van der Waals surface area contributed by atoms with Crippen molar-refractivity contribution in [2.45, 2.75) is 12.8 Å². The zero-order chi connectivity index (χ0) is 15.8. The number of hydrogen-bond donors (Lipinski definition) is 1. The van der Waals surface area contributed by atoms with Gasteiger partial charge < -0.3 is 5.11 Å². The number of halogens is 1. The molecule has 9 heteroatoms. The summed E-state index contributed by atoms with van der Waals surface area (Å²) in [6, 6.07) is 4.32. The number of carboxylic acid groups (broad SMARTS) is 1. The van der Waals surface area contributed by atoms with Gasteiger partial charge in [-0.2, -0.15) is 0 Å². The number of nitrogens with zero attached hydrogens (tertiary/aromatic N) is 1. The van der Waals surface area contributed by atoms with Crippen molar-refractivity contribution < 1.29 is 23.2 Å². The van der Waals surface area contributed by atoms with Crippen molar-refractivity contribution in [2.75, 3.05) is 11.5 Å². The fourth-order valence-corrected chi connectivity index (χ4v) is 5.12. The topological polar surface area (TPSA) is 115 Å². The largest absolute Gasteiger partial charge is 0.481 e. The second kappa shape index (κ2) is 5.38. The zero-order valence-corrected chi connectivity index (χ0v) is 13.2. The molecule has 0 saturated carbocycles. The second-order valence-electron chi connectivity index (χ2n) is 5.11. The van der Waals surface area contributed by atoms with Crippen molar-refractivity contribution in [3.8, 4) is 0 Å². The van der Waals surface area contributed by atoms with Crippen LogP contribution in [0.5, 0.6) is 0 Å². The minimum Gasteiger partial charge on any atom is -0.481 e. The zero-order valence-electron chi connectivity index (χ0n) is 10.8. The van der Waals surface area contributed by atoms with Crippen LogP contribution < -0.4 is 0 Å². The molecule has 0 spiro atoms. The van der Waals surface area contributed by atoms with E-state index in [0.717, 1.165) is 0 Å². The Labute approximate surface area is 129 Å². The standard InChI is InChI=1S/C12H12BrNO6S/c13-10-8(2-1-3-9(10)14(17)18)6-12(11(15)16)4-5-21(19,20)7-12/h1-3H,4-7H2,(H,15,16). The van der Waals surface area contributed by atoms with Crippen LogP contribution >= 0.6 is 15.9 Å². The number of carboxylic acids is 1. The first-order chi connectivity index (χ1) is 9.67. The molecule has 2 rings (SSSR count). The van der Waals surface area contributed by atoms with E-state index in [4.69, 9.17) is 0 Å². The van der Waals surface area contributed by atoms with Gasteiger partial charge in [0.1, 0.15) is 0 Å². The smallest absolute Gasteiger partial charge is 0.311 e. The number of sulfone groups is 1. The molecule has 1 saturated heterocycles. The van der Waals surface area contributed by atoms with Gasteiger partial charge in [-0.05, 0) is 34.3 Å². The average molecular weight is 378 g/mol. The lowest BCUT2D eigenvalue weighted by Crippen LogP contribution is -2.34. The van der Waals surface area contributed by atoms with E-state index in [1.54, 1.807) is 6.07 Å². The highest BCUT2D eigenvalue weighted by molar-refractivity contribution is 9.10. The number of rotatable bonds is 4. The maximum Gasteiger partial charge on any atom is 0.311 e. The van der Waals surface area contributed by atoms with Crippen molar-refractivity contribution >= 4 is 37.4 Å². The van der Waals surface area contributed by atoms with E-state index in [1.807, 2.05) is 0 Å². The number of nitro benzene ring substituents is 1. The van der Waals surface area contributed by atoms with Gasteiger partial charge in [-0.15, -0.1) is 0 Å². The van der Waals surface area contributed by atoms with E-state index < -0.39 is 31.9 Å². The van der Waals surface area contributed by atoms with Crippen molar-refractivity contribution in [3.63, 3.8) is 0 Å². The molecule has 0 amide bonds. The fourth-order valence-electron chi connectivity index (χ4n) is 2.51. The molecular formula is C12H12BrNO6S. The molecule has 1 unspecified atom stereocenters. The van der Waals surface area contributed by atoms with Crippen LogP contribution in [0.15, 0.2) is 22.7 Å². The van der Waals surface area contributed by atoms with Gasteiger partial charge >= 0.3 is 5.97 Å². The molecule has 1 aromatic rings. The van der Waals surface area contributed by atoms with Crippen LogP contribution in [-0.4, -0.2) is 35.9 Å². The summed E-state index contributed by atoms with van der Waals surface area (Å²) in [5.41, 5.74) is -1.17.